The zero-order chi connectivity index (χ0) is 8.93. The van der Waals surface area contributed by atoms with Crippen molar-refractivity contribution in [3.63, 3.8) is 0 Å². The second-order valence-corrected chi connectivity index (χ2v) is 5.26. The number of rotatable bonds is 6. The lowest BCUT2D eigenvalue weighted by molar-refractivity contribution is 0.674. The first kappa shape index (κ1) is 9.43. The predicted molar refractivity (Wildman–Crippen MR) is 56.3 cm³/mol. The van der Waals surface area contributed by atoms with Gasteiger partial charge in [-0.15, -0.1) is 0 Å². The van der Waals surface area contributed by atoms with E-state index >= 15 is 0 Å². The summed E-state index contributed by atoms with van der Waals surface area (Å²) >= 11 is 3.29. The van der Waals surface area contributed by atoms with Gasteiger partial charge in [-0.2, -0.15) is 4.37 Å². The summed E-state index contributed by atoms with van der Waals surface area (Å²) in [6, 6.07) is 0.839. The average molecular weight is 215 g/mol. The molecule has 1 fully saturated rings. The molecule has 3 nitrogen and oxygen atoms in total. The Kier molecular flexibility index (Phi) is 3.57. The smallest absolute Gasteiger partial charge is 0.169 e. The number of hydrogen-bond acceptors (Lipinski definition) is 5. The molecule has 0 atom stereocenters. The van der Waals surface area contributed by atoms with Crippen LogP contribution < -0.4 is 5.32 Å². The third kappa shape index (κ3) is 3.62. The van der Waals surface area contributed by atoms with Crippen molar-refractivity contribution in [3.05, 3.63) is 6.33 Å². The quantitative estimate of drug-likeness (QED) is 0.580. The van der Waals surface area contributed by atoms with Crippen LogP contribution in [0.3, 0.4) is 0 Å². The van der Waals surface area contributed by atoms with Crippen molar-refractivity contribution in [3.8, 4) is 0 Å². The molecule has 0 aromatic carbocycles. The van der Waals surface area contributed by atoms with Gasteiger partial charge in [0, 0.05) is 11.8 Å². The van der Waals surface area contributed by atoms with E-state index in [-0.39, 0.29) is 0 Å². The number of aromatic nitrogens is 2. The van der Waals surface area contributed by atoms with Gasteiger partial charge in [0.1, 0.15) is 6.33 Å². The Balaban J connectivity index is 1.48. The average Bonchev–Trinajstić information content (AvgIpc) is 2.81. The van der Waals surface area contributed by atoms with Gasteiger partial charge in [0.25, 0.3) is 0 Å². The maximum absolute atomic E-state index is 4.11. The summed E-state index contributed by atoms with van der Waals surface area (Å²) in [6.45, 7) is 1.15. The minimum Gasteiger partial charge on any atom is -0.314 e. The van der Waals surface area contributed by atoms with Crippen LogP contribution in [0.15, 0.2) is 10.7 Å². The highest BCUT2D eigenvalue weighted by atomic mass is 32.2. The van der Waals surface area contributed by atoms with Gasteiger partial charge in [0.05, 0.1) is 0 Å². The van der Waals surface area contributed by atoms with Crippen molar-refractivity contribution in [2.75, 3.05) is 12.3 Å². The van der Waals surface area contributed by atoms with Crippen LogP contribution in [0, 0.1) is 0 Å². The molecule has 1 N–H and O–H groups in total. The van der Waals surface area contributed by atoms with Crippen molar-refractivity contribution in [1.29, 1.82) is 0 Å². The maximum atomic E-state index is 4.11. The molecular weight excluding hydrogens is 202 g/mol. The third-order valence-electron chi connectivity index (χ3n) is 1.90. The van der Waals surface area contributed by atoms with E-state index in [0.29, 0.717) is 0 Å². The van der Waals surface area contributed by atoms with Crippen LogP contribution in [0.4, 0.5) is 0 Å². The van der Waals surface area contributed by atoms with Crippen LogP contribution in [-0.4, -0.2) is 27.7 Å². The maximum Gasteiger partial charge on any atom is 0.169 e. The second-order valence-electron chi connectivity index (χ2n) is 3.14. The molecule has 0 radical (unpaired) electrons. The SMILES string of the molecule is c1nsc(SCCCNC2CC2)n1. The number of thioether (sulfide) groups is 1. The normalized spacial score (nSPS) is 16.3. The molecule has 1 aliphatic carbocycles. The monoisotopic (exact) mass is 215 g/mol. The molecule has 0 amide bonds. The number of hydrogen-bond donors (Lipinski definition) is 1. The standard InChI is InChI=1S/C8H13N3S2/c1(4-9-7-2-3-7)5-12-8-10-6-11-13-8/h6-7,9H,1-5H2. The lowest BCUT2D eigenvalue weighted by Gasteiger charge is -2.00. The molecule has 72 valence electrons. The molecule has 1 aromatic rings. The van der Waals surface area contributed by atoms with Crippen LogP contribution in [0.25, 0.3) is 0 Å². The molecule has 2 rings (SSSR count). The van der Waals surface area contributed by atoms with Crippen LogP contribution in [0.5, 0.6) is 0 Å². The summed E-state index contributed by atoms with van der Waals surface area (Å²) < 4.78 is 5.04. The lowest BCUT2D eigenvalue weighted by atomic mass is 10.5. The van der Waals surface area contributed by atoms with Gasteiger partial charge in [-0.05, 0) is 37.3 Å². The van der Waals surface area contributed by atoms with Crippen molar-refractivity contribution < 1.29 is 0 Å². The topological polar surface area (TPSA) is 37.8 Å². The van der Waals surface area contributed by atoms with Crippen molar-refractivity contribution in [2.24, 2.45) is 0 Å². The molecule has 0 unspecified atom stereocenters. The van der Waals surface area contributed by atoms with E-state index in [1.54, 1.807) is 18.1 Å². The number of nitrogens with zero attached hydrogens (tertiary/aromatic N) is 2. The second kappa shape index (κ2) is 4.93. The zero-order valence-corrected chi connectivity index (χ0v) is 9.03. The van der Waals surface area contributed by atoms with E-state index in [1.807, 2.05) is 0 Å². The summed E-state index contributed by atoms with van der Waals surface area (Å²) in [5, 5.41) is 3.49. The first-order valence-electron chi connectivity index (χ1n) is 4.58. The van der Waals surface area contributed by atoms with Crippen LogP contribution in [0.2, 0.25) is 0 Å². The molecule has 0 bridgehead atoms. The fourth-order valence-corrected chi connectivity index (χ4v) is 2.51. The number of nitrogens with one attached hydrogen (secondary N) is 1. The van der Waals surface area contributed by atoms with E-state index < -0.39 is 0 Å². The first-order valence-corrected chi connectivity index (χ1v) is 6.34. The predicted octanol–water partition coefficient (Wildman–Crippen LogP) is 1.77. The minimum absolute atomic E-state index is 0.839. The van der Waals surface area contributed by atoms with E-state index in [4.69, 9.17) is 0 Å². The summed E-state index contributed by atoms with van der Waals surface area (Å²) in [4.78, 5) is 4.11. The van der Waals surface area contributed by atoms with Crippen LogP contribution in [0.1, 0.15) is 19.3 Å². The summed E-state index contributed by atoms with van der Waals surface area (Å²) in [5.74, 6) is 1.15. The molecule has 0 aliphatic heterocycles. The Labute approximate surface area is 86.5 Å². The van der Waals surface area contributed by atoms with Crippen LogP contribution >= 0.6 is 23.3 Å². The molecule has 0 spiro atoms. The van der Waals surface area contributed by atoms with Crippen molar-refractivity contribution >= 4 is 23.3 Å². The molecule has 1 heterocycles. The van der Waals surface area contributed by atoms with Crippen molar-refractivity contribution in [2.45, 2.75) is 29.6 Å². The Morgan fingerprint density at radius 3 is 3.23 bits per heavy atom. The summed E-state index contributed by atoms with van der Waals surface area (Å²) in [5.41, 5.74) is 0. The highest BCUT2D eigenvalue weighted by Crippen LogP contribution is 2.20. The van der Waals surface area contributed by atoms with Gasteiger partial charge < -0.3 is 5.32 Å². The summed E-state index contributed by atoms with van der Waals surface area (Å²) in [6.07, 6.45) is 5.60. The molecule has 1 aromatic heterocycles. The molecule has 13 heavy (non-hydrogen) atoms. The molecular formula is C8H13N3S2. The Bertz CT molecular complexity index is 234. The van der Waals surface area contributed by atoms with E-state index in [9.17, 15) is 0 Å². The fourth-order valence-electron chi connectivity index (χ4n) is 1.05. The van der Waals surface area contributed by atoms with Gasteiger partial charge in [0.15, 0.2) is 4.34 Å². The summed E-state index contributed by atoms with van der Waals surface area (Å²) in [7, 11) is 0. The van der Waals surface area contributed by atoms with Gasteiger partial charge in [-0.1, -0.05) is 11.8 Å². The van der Waals surface area contributed by atoms with E-state index in [1.165, 1.54) is 30.8 Å². The fraction of sp³-hybridized carbons (Fsp3) is 0.750. The first-order chi connectivity index (χ1) is 6.45. The largest absolute Gasteiger partial charge is 0.314 e. The van der Waals surface area contributed by atoms with Crippen LogP contribution in [-0.2, 0) is 0 Å². The van der Waals surface area contributed by atoms with Gasteiger partial charge in [-0.3, -0.25) is 0 Å². The van der Waals surface area contributed by atoms with Crippen molar-refractivity contribution in [1.82, 2.24) is 14.7 Å². The molecule has 5 heteroatoms. The Morgan fingerprint density at radius 1 is 1.62 bits per heavy atom. The molecule has 1 aliphatic rings. The Hall–Kier alpha value is -0.130. The third-order valence-corrected chi connectivity index (χ3v) is 3.78. The lowest BCUT2D eigenvalue weighted by Crippen LogP contribution is -2.17. The highest BCUT2D eigenvalue weighted by molar-refractivity contribution is 8.00. The molecule has 1 saturated carbocycles. The minimum atomic E-state index is 0.839. The van der Waals surface area contributed by atoms with Gasteiger partial charge in [0.2, 0.25) is 0 Å². The highest BCUT2D eigenvalue weighted by Gasteiger charge is 2.19. The van der Waals surface area contributed by atoms with E-state index in [0.717, 1.165) is 22.7 Å². The Morgan fingerprint density at radius 2 is 2.54 bits per heavy atom. The van der Waals surface area contributed by atoms with E-state index in [2.05, 4.69) is 14.7 Å². The molecule has 0 saturated heterocycles. The van der Waals surface area contributed by atoms with Gasteiger partial charge in [-0.25, -0.2) is 4.98 Å². The van der Waals surface area contributed by atoms with Gasteiger partial charge >= 0.3 is 0 Å². The zero-order valence-electron chi connectivity index (χ0n) is 7.40.